The highest BCUT2D eigenvalue weighted by Gasteiger charge is 2.20. The van der Waals surface area contributed by atoms with Crippen molar-refractivity contribution in [2.45, 2.75) is 23.5 Å². The molecule has 0 amide bonds. The molecule has 0 aliphatic heterocycles. The van der Waals surface area contributed by atoms with Crippen molar-refractivity contribution in [3.63, 3.8) is 0 Å². The van der Waals surface area contributed by atoms with Crippen molar-refractivity contribution in [3.05, 3.63) is 33.1 Å². The molecule has 2 heterocycles. The van der Waals surface area contributed by atoms with Gasteiger partial charge in [0, 0.05) is 25.2 Å². The van der Waals surface area contributed by atoms with E-state index in [9.17, 15) is 14.4 Å². The van der Waals surface area contributed by atoms with Crippen LogP contribution in [0.5, 0.6) is 0 Å². The second kappa shape index (κ2) is 5.72. The first-order valence-electron chi connectivity index (χ1n) is 6.32. The Bertz CT molecular complexity index is 825. The number of aryl methyl sites for hydroxylation is 1. The van der Waals surface area contributed by atoms with Crippen LogP contribution in [-0.4, -0.2) is 30.4 Å². The van der Waals surface area contributed by atoms with Crippen LogP contribution in [0.4, 0.5) is 0 Å². The summed E-state index contributed by atoms with van der Waals surface area (Å²) in [4.78, 5) is 40.0. The lowest BCUT2D eigenvalue weighted by molar-refractivity contribution is -0.136. The maximum Gasteiger partial charge on any atom is 0.332 e. The molecule has 0 radical (unpaired) electrons. The first-order chi connectivity index (χ1) is 9.88. The monoisotopic (exact) mass is 309 g/mol. The molecule has 0 aliphatic rings. The Labute approximate surface area is 124 Å². The molecule has 0 spiro atoms. The van der Waals surface area contributed by atoms with Gasteiger partial charge in [0.25, 0.3) is 5.56 Å². The molecule has 2 aromatic heterocycles. The highest BCUT2D eigenvalue weighted by molar-refractivity contribution is 8.00. The van der Waals surface area contributed by atoms with E-state index >= 15 is 0 Å². The zero-order chi connectivity index (χ0) is 15.7. The maximum atomic E-state index is 12.3. The molecule has 0 bridgehead atoms. The van der Waals surface area contributed by atoms with Crippen LogP contribution in [0.1, 0.15) is 13.3 Å². The first-order valence-corrected chi connectivity index (χ1v) is 7.20. The van der Waals surface area contributed by atoms with Gasteiger partial charge in [-0.3, -0.25) is 18.7 Å². The maximum absolute atomic E-state index is 12.3. The number of thioether (sulfide) groups is 1. The van der Waals surface area contributed by atoms with Crippen LogP contribution in [0.25, 0.3) is 11.0 Å². The zero-order valence-electron chi connectivity index (χ0n) is 11.9. The van der Waals surface area contributed by atoms with Crippen LogP contribution in [0, 0.1) is 0 Å². The Hall–Kier alpha value is -2.09. The number of carbonyl (C=O) groups is 1. The number of hydrogen-bond acceptors (Lipinski definition) is 5. The summed E-state index contributed by atoms with van der Waals surface area (Å²) >= 11 is 1.10. The summed E-state index contributed by atoms with van der Waals surface area (Å²) in [6, 6.07) is 1.60. The number of nitrogens with zero attached hydrogens (tertiary/aromatic N) is 3. The summed E-state index contributed by atoms with van der Waals surface area (Å²) in [7, 11) is 2.92. The average molecular weight is 309 g/mol. The SMILES string of the molecule is CC[C@H](Sc1ccnc2c1c(=O)n(C)c(=O)n2C)C(=O)O. The van der Waals surface area contributed by atoms with E-state index in [4.69, 9.17) is 5.11 Å². The molecule has 8 heteroatoms. The molecular weight excluding hydrogens is 294 g/mol. The number of carboxylic acids is 1. The van der Waals surface area contributed by atoms with E-state index in [-0.39, 0.29) is 11.0 Å². The van der Waals surface area contributed by atoms with E-state index < -0.39 is 22.5 Å². The van der Waals surface area contributed by atoms with E-state index in [0.717, 1.165) is 16.3 Å². The molecule has 0 unspecified atom stereocenters. The van der Waals surface area contributed by atoms with Gasteiger partial charge in [-0.25, -0.2) is 9.78 Å². The van der Waals surface area contributed by atoms with Crippen LogP contribution in [0.15, 0.2) is 26.7 Å². The van der Waals surface area contributed by atoms with Crippen LogP contribution in [0.2, 0.25) is 0 Å². The Morgan fingerprint density at radius 3 is 2.62 bits per heavy atom. The molecule has 1 atom stereocenters. The third kappa shape index (κ3) is 2.58. The minimum atomic E-state index is -0.936. The van der Waals surface area contributed by atoms with Crippen molar-refractivity contribution >= 4 is 28.8 Å². The predicted octanol–water partition coefficient (Wildman–Crippen LogP) is 0.587. The van der Waals surface area contributed by atoms with Gasteiger partial charge in [0.2, 0.25) is 0 Å². The predicted molar refractivity (Wildman–Crippen MR) is 79.8 cm³/mol. The fourth-order valence-corrected chi connectivity index (χ4v) is 3.03. The van der Waals surface area contributed by atoms with Crippen molar-refractivity contribution in [2.75, 3.05) is 0 Å². The van der Waals surface area contributed by atoms with Crippen LogP contribution in [0.3, 0.4) is 0 Å². The summed E-state index contributed by atoms with van der Waals surface area (Å²) in [5.41, 5.74) is -0.676. The minimum absolute atomic E-state index is 0.258. The van der Waals surface area contributed by atoms with E-state index in [1.165, 1.54) is 24.9 Å². The molecule has 1 N–H and O–H groups in total. The molecular formula is C13H15N3O4S. The van der Waals surface area contributed by atoms with E-state index in [0.29, 0.717) is 11.3 Å². The summed E-state index contributed by atoms with van der Waals surface area (Å²) in [5.74, 6) is -0.936. The van der Waals surface area contributed by atoms with Crippen LogP contribution < -0.4 is 11.2 Å². The minimum Gasteiger partial charge on any atom is -0.480 e. The number of carboxylic acid groups (broad SMARTS) is 1. The lowest BCUT2D eigenvalue weighted by Crippen LogP contribution is -2.37. The summed E-state index contributed by atoms with van der Waals surface area (Å²) < 4.78 is 2.28. The molecule has 21 heavy (non-hydrogen) atoms. The number of rotatable bonds is 4. The molecule has 112 valence electrons. The van der Waals surface area contributed by atoms with Crippen LogP contribution in [-0.2, 0) is 18.9 Å². The van der Waals surface area contributed by atoms with Gasteiger partial charge in [0.1, 0.15) is 10.9 Å². The molecule has 0 saturated heterocycles. The number of hydrogen-bond donors (Lipinski definition) is 1. The molecule has 0 saturated carbocycles. The summed E-state index contributed by atoms with van der Waals surface area (Å²) in [6.07, 6.45) is 1.90. The molecule has 0 fully saturated rings. The molecule has 2 aromatic rings. The highest BCUT2D eigenvalue weighted by atomic mass is 32.2. The molecule has 0 aromatic carbocycles. The van der Waals surface area contributed by atoms with Gasteiger partial charge in [0.05, 0.1) is 5.39 Å². The zero-order valence-corrected chi connectivity index (χ0v) is 12.7. The number of fused-ring (bicyclic) bond motifs is 1. The number of pyridine rings is 1. The summed E-state index contributed by atoms with van der Waals surface area (Å²) in [5, 5.41) is 8.77. The Balaban J connectivity index is 2.75. The molecule has 7 nitrogen and oxygen atoms in total. The van der Waals surface area contributed by atoms with Crippen molar-refractivity contribution in [2.24, 2.45) is 14.1 Å². The van der Waals surface area contributed by atoms with Crippen molar-refractivity contribution in [1.29, 1.82) is 0 Å². The third-order valence-corrected chi connectivity index (χ3v) is 4.63. The third-order valence-electron chi connectivity index (χ3n) is 3.22. The number of aliphatic carboxylic acids is 1. The molecule has 2 rings (SSSR count). The van der Waals surface area contributed by atoms with Gasteiger partial charge in [-0.05, 0) is 12.5 Å². The van der Waals surface area contributed by atoms with Gasteiger partial charge in [0.15, 0.2) is 0 Å². The van der Waals surface area contributed by atoms with E-state index in [2.05, 4.69) is 4.98 Å². The quantitative estimate of drug-likeness (QED) is 0.831. The van der Waals surface area contributed by atoms with Crippen molar-refractivity contribution in [3.8, 4) is 0 Å². The second-order valence-corrected chi connectivity index (χ2v) is 5.81. The Morgan fingerprint density at radius 2 is 2.05 bits per heavy atom. The summed E-state index contributed by atoms with van der Waals surface area (Å²) in [6.45, 7) is 1.77. The average Bonchev–Trinajstić information content (AvgIpc) is 2.47. The Kier molecular flexibility index (Phi) is 4.17. The van der Waals surface area contributed by atoms with Crippen molar-refractivity contribution < 1.29 is 9.90 Å². The lowest BCUT2D eigenvalue weighted by atomic mass is 10.3. The fraction of sp³-hybridized carbons (Fsp3) is 0.385. The number of aromatic nitrogens is 3. The standard InChI is InChI=1S/C13H15N3O4S/c1-4-7(12(18)19)21-8-5-6-14-10-9(8)11(17)16(3)13(20)15(10)2/h5-7H,4H2,1-3H3,(H,18,19)/t7-/m0/s1. The topological polar surface area (TPSA) is 94.2 Å². The van der Waals surface area contributed by atoms with E-state index in [1.54, 1.807) is 13.0 Å². The van der Waals surface area contributed by atoms with Gasteiger partial charge < -0.3 is 5.11 Å². The normalized spacial score (nSPS) is 12.5. The van der Waals surface area contributed by atoms with Gasteiger partial charge in [-0.15, -0.1) is 11.8 Å². The van der Waals surface area contributed by atoms with E-state index in [1.807, 2.05) is 0 Å². The van der Waals surface area contributed by atoms with Gasteiger partial charge in [-0.2, -0.15) is 0 Å². The highest BCUT2D eigenvalue weighted by Crippen LogP contribution is 2.29. The largest absolute Gasteiger partial charge is 0.480 e. The van der Waals surface area contributed by atoms with Crippen LogP contribution >= 0.6 is 11.8 Å². The lowest BCUT2D eigenvalue weighted by Gasteiger charge is -2.13. The molecule has 0 aliphatic carbocycles. The van der Waals surface area contributed by atoms with Gasteiger partial charge in [-0.1, -0.05) is 6.92 Å². The Morgan fingerprint density at radius 1 is 1.38 bits per heavy atom. The fourth-order valence-electron chi connectivity index (χ4n) is 2.02. The van der Waals surface area contributed by atoms with Crippen molar-refractivity contribution in [1.82, 2.24) is 14.1 Å². The van der Waals surface area contributed by atoms with Gasteiger partial charge >= 0.3 is 11.7 Å². The second-order valence-electron chi connectivity index (χ2n) is 4.57. The first kappa shape index (κ1) is 15.3. The smallest absolute Gasteiger partial charge is 0.332 e.